The first-order valence-electron chi connectivity index (χ1n) is 6.59. The molecule has 1 atom stereocenters. The Morgan fingerprint density at radius 2 is 2.11 bits per heavy atom. The molecule has 1 aromatic rings. The van der Waals surface area contributed by atoms with Crippen LogP contribution in [0.4, 0.5) is 0 Å². The summed E-state index contributed by atoms with van der Waals surface area (Å²) in [5.41, 5.74) is 0.644. The number of aromatic hydroxyl groups is 1. The van der Waals surface area contributed by atoms with E-state index in [1.807, 2.05) is 0 Å². The summed E-state index contributed by atoms with van der Waals surface area (Å²) in [5.74, 6) is 0.186. The molecule has 0 heterocycles. The predicted molar refractivity (Wildman–Crippen MR) is 74.9 cm³/mol. The number of aliphatic hydroxyl groups is 1. The van der Waals surface area contributed by atoms with Gasteiger partial charge in [0.15, 0.2) is 11.5 Å². The highest BCUT2D eigenvalue weighted by Crippen LogP contribution is 2.36. The number of rotatable bonds is 5. The van der Waals surface area contributed by atoms with E-state index < -0.39 is 6.10 Å². The largest absolute Gasteiger partial charge is 0.503 e. The smallest absolute Gasteiger partial charge is 0.176 e. The van der Waals surface area contributed by atoms with Crippen molar-refractivity contribution >= 4 is 11.6 Å². The Bertz CT molecular complexity index is 433. The maximum absolute atomic E-state index is 10.2. The summed E-state index contributed by atoms with van der Waals surface area (Å²) in [6, 6.07) is 3.69. The van der Waals surface area contributed by atoms with E-state index in [0.717, 1.165) is 0 Å². The van der Waals surface area contributed by atoms with Gasteiger partial charge < -0.3 is 20.3 Å². The Morgan fingerprint density at radius 1 is 1.42 bits per heavy atom. The molecule has 0 unspecified atom stereocenters. The molecule has 4 nitrogen and oxygen atoms in total. The lowest BCUT2D eigenvalue weighted by Gasteiger charge is -2.17. The van der Waals surface area contributed by atoms with E-state index in [0.29, 0.717) is 18.2 Å². The van der Waals surface area contributed by atoms with Crippen LogP contribution in [-0.4, -0.2) is 29.9 Å². The Kier molecular flexibility index (Phi) is 4.91. The Labute approximate surface area is 118 Å². The molecule has 0 bridgehead atoms. The second-order valence-corrected chi connectivity index (χ2v) is 5.37. The minimum Gasteiger partial charge on any atom is -0.503 e. The first kappa shape index (κ1) is 14.4. The third kappa shape index (κ3) is 3.53. The van der Waals surface area contributed by atoms with Gasteiger partial charge in [-0.3, -0.25) is 0 Å². The molecule has 1 aromatic carbocycles. The molecule has 1 saturated carbocycles. The monoisotopic (exact) mass is 285 g/mol. The van der Waals surface area contributed by atoms with E-state index in [-0.39, 0.29) is 16.5 Å². The molecule has 0 saturated heterocycles. The molecule has 0 amide bonds. The number of hydrogen-bond acceptors (Lipinski definition) is 4. The Balaban J connectivity index is 2.01. The van der Waals surface area contributed by atoms with Crippen molar-refractivity contribution in [3.8, 4) is 11.5 Å². The normalized spacial score (nSPS) is 17.6. The summed E-state index contributed by atoms with van der Waals surface area (Å²) in [6.45, 7) is 0.481. The van der Waals surface area contributed by atoms with Gasteiger partial charge in [-0.25, -0.2) is 0 Å². The van der Waals surface area contributed by atoms with Gasteiger partial charge in [-0.2, -0.15) is 0 Å². The minimum atomic E-state index is -0.660. The van der Waals surface area contributed by atoms with Crippen LogP contribution in [0.1, 0.15) is 37.4 Å². The molecular weight excluding hydrogens is 266 g/mol. The zero-order valence-electron chi connectivity index (χ0n) is 11.0. The lowest BCUT2D eigenvalue weighted by Crippen LogP contribution is -2.30. The molecule has 0 aliphatic heterocycles. The highest BCUT2D eigenvalue weighted by Gasteiger charge is 2.18. The molecule has 0 aromatic heterocycles. The molecule has 3 N–H and O–H groups in total. The van der Waals surface area contributed by atoms with E-state index in [1.54, 1.807) is 12.1 Å². The van der Waals surface area contributed by atoms with Crippen molar-refractivity contribution in [1.82, 2.24) is 5.32 Å². The topological polar surface area (TPSA) is 61.7 Å². The summed E-state index contributed by atoms with van der Waals surface area (Å²) in [6.07, 6.45) is 4.20. The maximum Gasteiger partial charge on any atom is 0.176 e. The minimum absolute atomic E-state index is 0.0936. The zero-order chi connectivity index (χ0) is 13.8. The van der Waals surface area contributed by atoms with Gasteiger partial charge in [0.1, 0.15) is 0 Å². The quantitative estimate of drug-likeness (QED) is 0.778. The van der Waals surface area contributed by atoms with Crippen molar-refractivity contribution in [2.45, 2.75) is 37.8 Å². The highest BCUT2D eigenvalue weighted by atomic mass is 35.5. The van der Waals surface area contributed by atoms with Crippen LogP contribution in [0.2, 0.25) is 5.02 Å². The SMILES string of the molecule is COc1cc([C@H](O)CNC2CCCC2)cc(Cl)c1O. The van der Waals surface area contributed by atoms with E-state index >= 15 is 0 Å². The van der Waals surface area contributed by atoms with Gasteiger partial charge in [0.05, 0.1) is 18.2 Å². The van der Waals surface area contributed by atoms with Crippen molar-refractivity contribution < 1.29 is 14.9 Å². The fraction of sp³-hybridized carbons (Fsp3) is 0.571. The summed E-state index contributed by atoms with van der Waals surface area (Å²) in [4.78, 5) is 0. The van der Waals surface area contributed by atoms with Gasteiger partial charge >= 0.3 is 0 Å². The van der Waals surface area contributed by atoms with Crippen LogP contribution < -0.4 is 10.1 Å². The first-order valence-corrected chi connectivity index (χ1v) is 6.97. The summed E-state index contributed by atoms with van der Waals surface area (Å²) in [5, 5.41) is 23.4. The number of aliphatic hydroxyl groups excluding tert-OH is 1. The Hall–Kier alpha value is -0.970. The van der Waals surface area contributed by atoms with Crippen molar-refractivity contribution in [1.29, 1.82) is 0 Å². The number of halogens is 1. The highest BCUT2D eigenvalue weighted by molar-refractivity contribution is 6.32. The van der Waals surface area contributed by atoms with Gasteiger partial charge in [0.2, 0.25) is 0 Å². The van der Waals surface area contributed by atoms with Crippen LogP contribution in [0.5, 0.6) is 11.5 Å². The second-order valence-electron chi connectivity index (χ2n) is 4.96. The lowest BCUT2D eigenvalue weighted by molar-refractivity contribution is 0.169. The fourth-order valence-electron chi connectivity index (χ4n) is 2.47. The van der Waals surface area contributed by atoms with Crippen molar-refractivity contribution in [3.63, 3.8) is 0 Å². The van der Waals surface area contributed by atoms with Crippen LogP contribution in [0.3, 0.4) is 0 Å². The standard InChI is InChI=1S/C14H20ClNO3/c1-19-13-7-9(6-11(15)14(13)18)12(17)8-16-10-4-2-3-5-10/h6-7,10,12,16-18H,2-5,8H2,1H3/t12-/m1/s1. The van der Waals surface area contributed by atoms with Crippen LogP contribution in [0.15, 0.2) is 12.1 Å². The van der Waals surface area contributed by atoms with E-state index in [1.165, 1.54) is 32.8 Å². The third-order valence-electron chi connectivity index (χ3n) is 3.61. The summed E-state index contributed by atoms with van der Waals surface area (Å²) in [7, 11) is 1.46. The van der Waals surface area contributed by atoms with E-state index in [2.05, 4.69) is 5.32 Å². The van der Waals surface area contributed by atoms with Gasteiger partial charge in [-0.05, 0) is 30.5 Å². The maximum atomic E-state index is 10.2. The molecular formula is C14H20ClNO3. The van der Waals surface area contributed by atoms with Gasteiger partial charge in [0.25, 0.3) is 0 Å². The van der Waals surface area contributed by atoms with Crippen molar-refractivity contribution in [2.24, 2.45) is 0 Å². The summed E-state index contributed by atoms with van der Waals surface area (Å²) >= 11 is 5.91. The van der Waals surface area contributed by atoms with Gasteiger partial charge in [-0.1, -0.05) is 24.4 Å². The summed E-state index contributed by atoms with van der Waals surface area (Å²) < 4.78 is 5.03. The second kappa shape index (κ2) is 6.46. The van der Waals surface area contributed by atoms with Gasteiger partial charge in [0, 0.05) is 12.6 Å². The van der Waals surface area contributed by atoms with Crippen LogP contribution >= 0.6 is 11.6 Å². The average molecular weight is 286 g/mol. The van der Waals surface area contributed by atoms with Crippen LogP contribution in [0.25, 0.3) is 0 Å². The molecule has 0 spiro atoms. The number of nitrogens with one attached hydrogen (secondary N) is 1. The fourth-order valence-corrected chi connectivity index (χ4v) is 2.69. The number of ether oxygens (including phenoxy) is 1. The zero-order valence-corrected chi connectivity index (χ0v) is 11.8. The number of phenolic OH excluding ortho intramolecular Hbond substituents is 1. The van der Waals surface area contributed by atoms with Crippen molar-refractivity contribution in [3.05, 3.63) is 22.7 Å². The molecule has 1 aliphatic rings. The number of hydrogen-bond donors (Lipinski definition) is 3. The molecule has 0 radical (unpaired) electrons. The first-order chi connectivity index (χ1) is 9.11. The third-order valence-corrected chi connectivity index (χ3v) is 3.90. The number of methoxy groups -OCH3 is 1. The molecule has 2 rings (SSSR count). The van der Waals surface area contributed by atoms with E-state index in [4.69, 9.17) is 16.3 Å². The van der Waals surface area contributed by atoms with E-state index in [9.17, 15) is 10.2 Å². The van der Waals surface area contributed by atoms with Crippen LogP contribution in [0, 0.1) is 0 Å². The average Bonchev–Trinajstić information content (AvgIpc) is 2.92. The van der Waals surface area contributed by atoms with Gasteiger partial charge in [-0.15, -0.1) is 0 Å². The molecule has 1 aliphatic carbocycles. The Morgan fingerprint density at radius 3 is 2.74 bits per heavy atom. The van der Waals surface area contributed by atoms with Crippen molar-refractivity contribution in [2.75, 3.05) is 13.7 Å². The predicted octanol–water partition coefficient (Wildman–Crippen LogP) is 2.62. The number of benzene rings is 1. The van der Waals surface area contributed by atoms with Crippen LogP contribution in [-0.2, 0) is 0 Å². The molecule has 1 fully saturated rings. The molecule has 19 heavy (non-hydrogen) atoms. The lowest BCUT2D eigenvalue weighted by atomic mass is 10.1. The molecule has 5 heteroatoms. The number of phenols is 1. The molecule has 106 valence electrons.